The summed E-state index contributed by atoms with van der Waals surface area (Å²) in [5.41, 5.74) is -1.50. The first kappa shape index (κ1) is 20.8. The lowest BCUT2D eigenvalue weighted by Crippen LogP contribution is -2.59. The van der Waals surface area contributed by atoms with E-state index in [2.05, 4.69) is 23.3 Å². The van der Waals surface area contributed by atoms with Crippen molar-refractivity contribution in [2.75, 3.05) is 6.61 Å². The van der Waals surface area contributed by atoms with Crippen molar-refractivity contribution in [3.8, 4) is 0 Å². The number of rotatable bonds is 6. The Morgan fingerprint density at radius 2 is 1.64 bits per heavy atom. The Bertz CT molecular complexity index is 430. The van der Waals surface area contributed by atoms with Crippen molar-refractivity contribution in [2.24, 2.45) is 5.41 Å². The van der Waals surface area contributed by atoms with Crippen LogP contribution in [0.3, 0.4) is 0 Å². The third-order valence-corrected chi connectivity index (χ3v) is 4.07. The molecule has 0 fully saturated rings. The highest BCUT2D eigenvalue weighted by molar-refractivity contribution is 7.81. The Morgan fingerprint density at radius 1 is 1.14 bits per heavy atom. The van der Waals surface area contributed by atoms with E-state index in [9.17, 15) is 14.4 Å². The molecule has 2 unspecified atom stereocenters. The van der Waals surface area contributed by atoms with Crippen LogP contribution in [0.5, 0.6) is 0 Å². The molecule has 0 saturated heterocycles. The quantitative estimate of drug-likeness (QED) is 0.505. The van der Waals surface area contributed by atoms with E-state index >= 15 is 0 Å². The fraction of sp³-hybridized carbons (Fsp3) is 0.800. The van der Waals surface area contributed by atoms with Gasteiger partial charge in [0, 0.05) is 0 Å². The van der Waals surface area contributed by atoms with Gasteiger partial charge >= 0.3 is 5.97 Å². The fourth-order valence-corrected chi connectivity index (χ4v) is 1.59. The highest BCUT2D eigenvalue weighted by atomic mass is 32.1. The van der Waals surface area contributed by atoms with Crippen LogP contribution in [0, 0.1) is 5.41 Å². The van der Waals surface area contributed by atoms with Gasteiger partial charge < -0.3 is 15.4 Å². The first-order valence-corrected chi connectivity index (χ1v) is 7.82. The molecule has 2 atom stereocenters. The minimum absolute atomic E-state index is 0.242. The van der Waals surface area contributed by atoms with Gasteiger partial charge in [0.2, 0.25) is 11.8 Å². The third kappa shape index (κ3) is 6.25. The molecule has 0 rings (SSSR count). The first-order chi connectivity index (χ1) is 9.82. The van der Waals surface area contributed by atoms with Gasteiger partial charge in [0.15, 0.2) is 0 Å². The molecule has 0 bridgehead atoms. The van der Waals surface area contributed by atoms with Crippen LogP contribution < -0.4 is 10.6 Å². The Hall–Kier alpha value is -1.24. The van der Waals surface area contributed by atoms with Crippen LogP contribution in [-0.4, -0.2) is 41.2 Å². The average molecular weight is 332 g/mol. The lowest BCUT2D eigenvalue weighted by Gasteiger charge is -2.31. The Morgan fingerprint density at radius 3 is 2.05 bits per heavy atom. The Labute approximate surface area is 138 Å². The number of nitrogens with one attached hydrogen (secondary N) is 2. The smallest absolute Gasteiger partial charge is 0.328 e. The molecule has 0 aromatic rings. The number of ether oxygens (including phenoxy) is 1. The zero-order valence-corrected chi connectivity index (χ0v) is 15.3. The second kappa shape index (κ2) is 7.85. The molecule has 2 N–H and O–H groups in total. The van der Waals surface area contributed by atoms with Gasteiger partial charge in [-0.3, -0.25) is 9.59 Å². The van der Waals surface area contributed by atoms with E-state index in [0.29, 0.717) is 0 Å². The molecule has 6 nitrogen and oxygen atoms in total. The number of amides is 2. The number of hydrogen-bond donors (Lipinski definition) is 3. The predicted molar refractivity (Wildman–Crippen MR) is 88.7 cm³/mol. The van der Waals surface area contributed by atoms with Crippen molar-refractivity contribution in [3.63, 3.8) is 0 Å². The lowest BCUT2D eigenvalue weighted by atomic mass is 9.90. The summed E-state index contributed by atoms with van der Waals surface area (Å²) >= 11 is 4.30. The van der Waals surface area contributed by atoms with Crippen molar-refractivity contribution in [1.82, 2.24) is 10.6 Å². The molecule has 0 heterocycles. The van der Waals surface area contributed by atoms with Gasteiger partial charge in [-0.2, -0.15) is 12.6 Å². The molecular formula is C15H28N2O4S. The summed E-state index contributed by atoms with van der Waals surface area (Å²) in [6.45, 7) is 12.3. The molecule has 0 aliphatic carbocycles. The summed E-state index contributed by atoms with van der Waals surface area (Å²) in [6.07, 6.45) is 0. The Kier molecular flexibility index (Phi) is 7.41. The van der Waals surface area contributed by atoms with E-state index in [1.54, 1.807) is 20.8 Å². The molecule has 0 spiro atoms. The van der Waals surface area contributed by atoms with Crippen LogP contribution in [0.25, 0.3) is 0 Å². The van der Waals surface area contributed by atoms with Crippen LogP contribution in [0.2, 0.25) is 0 Å². The molecule has 0 aliphatic heterocycles. The van der Waals surface area contributed by atoms with Crippen LogP contribution in [-0.2, 0) is 19.1 Å². The van der Waals surface area contributed by atoms with Crippen molar-refractivity contribution >= 4 is 30.4 Å². The van der Waals surface area contributed by atoms with E-state index < -0.39 is 28.7 Å². The maximum atomic E-state index is 12.2. The topological polar surface area (TPSA) is 84.5 Å². The van der Waals surface area contributed by atoms with Gasteiger partial charge in [-0.1, -0.05) is 20.8 Å². The highest BCUT2D eigenvalue weighted by Crippen LogP contribution is 2.24. The summed E-state index contributed by atoms with van der Waals surface area (Å²) in [6, 6.07) is -0.780. The monoisotopic (exact) mass is 332 g/mol. The van der Waals surface area contributed by atoms with Gasteiger partial charge in [-0.05, 0) is 33.1 Å². The van der Waals surface area contributed by atoms with Crippen LogP contribution in [0.1, 0.15) is 48.5 Å². The van der Waals surface area contributed by atoms with Gasteiger partial charge in [-0.25, -0.2) is 4.79 Å². The normalized spacial score (nSPS) is 14.7. The van der Waals surface area contributed by atoms with Crippen molar-refractivity contribution < 1.29 is 19.1 Å². The minimum Gasteiger partial charge on any atom is -0.464 e. The summed E-state index contributed by atoms with van der Waals surface area (Å²) in [7, 11) is 0. The van der Waals surface area contributed by atoms with Crippen molar-refractivity contribution in [3.05, 3.63) is 0 Å². The number of esters is 1. The van der Waals surface area contributed by atoms with E-state index in [-0.39, 0.29) is 17.9 Å². The summed E-state index contributed by atoms with van der Waals surface area (Å²) in [5, 5.41) is 4.64. The fourth-order valence-electron chi connectivity index (χ4n) is 1.53. The third-order valence-electron chi connectivity index (χ3n) is 3.06. The van der Waals surface area contributed by atoms with Gasteiger partial charge in [-0.15, -0.1) is 0 Å². The standard InChI is InChI=1S/C15H28N2O4S/c1-8-21-12(19)9(2)16-13(20)15(6,7)17-11(18)10(22)14(3,4)5/h9-10,22H,8H2,1-7H3,(H,16,20)(H,17,18). The second-order valence-corrected chi connectivity index (χ2v) is 7.35. The SMILES string of the molecule is CCOC(=O)C(C)NC(=O)C(C)(C)NC(=O)C(S)C(C)(C)C. The molecule has 2 amide bonds. The van der Waals surface area contributed by atoms with Crippen LogP contribution in [0.4, 0.5) is 0 Å². The number of hydrogen-bond acceptors (Lipinski definition) is 5. The predicted octanol–water partition coefficient (Wildman–Crippen LogP) is 1.29. The molecule has 0 radical (unpaired) electrons. The Balaban J connectivity index is 4.77. The summed E-state index contributed by atoms with van der Waals surface area (Å²) in [5.74, 6) is -1.31. The molecule has 7 heteroatoms. The zero-order valence-electron chi connectivity index (χ0n) is 14.4. The first-order valence-electron chi connectivity index (χ1n) is 7.30. The van der Waals surface area contributed by atoms with E-state index in [4.69, 9.17) is 4.74 Å². The largest absolute Gasteiger partial charge is 0.464 e. The van der Waals surface area contributed by atoms with Crippen LogP contribution in [0.15, 0.2) is 0 Å². The molecule has 22 heavy (non-hydrogen) atoms. The maximum absolute atomic E-state index is 12.2. The molecule has 0 aromatic carbocycles. The molecular weight excluding hydrogens is 304 g/mol. The van der Waals surface area contributed by atoms with Gasteiger partial charge in [0.25, 0.3) is 0 Å². The molecule has 128 valence electrons. The lowest BCUT2D eigenvalue weighted by molar-refractivity contribution is -0.147. The van der Waals surface area contributed by atoms with Crippen molar-refractivity contribution in [2.45, 2.75) is 65.3 Å². The number of carbonyl (C=O) groups excluding carboxylic acids is 3. The maximum Gasteiger partial charge on any atom is 0.328 e. The van der Waals surface area contributed by atoms with E-state index in [1.165, 1.54) is 6.92 Å². The molecule has 0 saturated carbocycles. The van der Waals surface area contributed by atoms with Crippen molar-refractivity contribution in [1.29, 1.82) is 0 Å². The van der Waals surface area contributed by atoms with Crippen LogP contribution >= 0.6 is 12.6 Å². The van der Waals surface area contributed by atoms with E-state index in [1.807, 2.05) is 20.8 Å². The van der Waals surface area contributed by atoms with Gasteiger partial charge in [0.05, 0.1) is 11.9 Å². The molecule has 0 aliphatic rings. The van der Waals surface area contributed by atoms with Gasteiger partial charge in [0.1, 0.15) is 11.6 Å². The minimum atomic E-state index is -1.16. The average Bonchev–Trinajstić information content (AvgIpc) is 2.36. The zero-order chi connectivity index (χ0) is 17.7. The number of carbonyl (C=O) groups is 3. The summed E-state index contributed by atoms with van der Waals surface area (Å²) < 4.78 is 4.83. The summed E-state index contributed by atoms with van der Waals surface area (Å²) in [4.78, 5) is 35.9. The second-order valence-electron chi connectivity index (χ2n) is 6.83. The highest BCUT2D eigenvalue weighted by Gasteiger charge is 2.36. The van der Waals surface area contributed by atoms with E-state index in [0.717, 1.165) is 0 Å². The molecule has 0 aromatic heterocycles. The number of thiol groups is 1.